The van der Waals surface area contributed by atoms with E-state index in [1.165, 1.54) is 5.56 Å². The molecule has 0 N–H and O–H groups in total. The molecule has 10 heteroatoms. The third kappa shape index (κ3) is 4.92. The Morgan fingerprint density at radius 2 is 1.72 bits per heavy atom. The first-order valence-electron chi connectivity index (χ1n) is 12.9. The number of nitriles is 1. The van der Waals surface area contributed by atoms with Crippen LogP contribution in [0.15, 0.2) is 67.4 Å². The van der Waals surface area contributed by atoms with E-state index in [0.29, 0.717) is 5.69 Å². The molecule has 0 amide bonds. The van der Waals surface area contributed by atoms with E-state index in [9.17, 15) is 5.26 Å². The highest BCUT2D eigenvalue weighted by Crippen LogP contribution is 2.30. The second-order valence-electron chi connectivity index (χ2n) is 10.1. The van der Waals surface area contributed by atoms with Crippen LogP contribution in [-0.4, -0.2) is 74.3 Å². The second kappa shape index (κ2) is 10.2. The van der Waals surface area contributed by atoms with Gasteiger partial charge in [-0.2, -0.15) is 10.4 Å². The predicted molar refractivity (Wildman–Crippen MR) is 151 cm³/mol. The van der Waals surface area contributed by atoms with Crippen molar-refractivity contribution in [3.05, 3.63) is 78.6 Å². The van der Waals surface area contributed by atoms with Gasteiger partial charge in [0.25, 0.3) is 0 Å². The summed E-state index contributed by atoms with van der Waals surface area (Å²) in [7, 11) is 5.90. The smallest absolute Gasteiger partial charge is 0.145 e. The predicted octanol–water partition coefficient (Wildman–Crippen LogP) is 3.45. The molecule has 10 nitrogen and oxygen atoms in total. The van der Waals surface area contributed by atoms with E-state index < -0.39 is 0 Å². The fraction of sp³-hybridized carbons (Fsp3) is 0.276. The molecule has 1 aliphatic rings. The molecule has 0 aliphatic carbocycles. The fourth-order valence-corrected chi connectivity index (χ4v) is 5.03. The number of piperazine rings is 1. The molecule has 1 saturated heterocycles. The Kier molecular flexibility index (Phi) is 6.42. The van der Waals surface area contributed by atoms with Crippen LogP contribution >= 0.6 is 0 Å². The van der Waals surface area contributed by atoms with Gasteiger partial charge in [0.1, 0.15) is 29.0 Å². The Labute approximate surface area is 227 Å². The largest absolute Gasteiger partial charge is 0.363 e. The molecule has 39 heavy (non-hydrogen) atoms. The normalized spacial score (nSPS) is 14.1. The minimum absolute atomic E-state index is 0.490. The minimum atomic E-state index is 0.490. The van der Waals surface area contributed by atoms with Crippen molar-refractivity contribution in [1.82, 2.24) is 34.0 Å². The number of hydrogen-bond acceptors (Lipinski definition) is 8. The van der Waals surface area contributed by atoms with Crippen molar-refractivity contribution in [1.29, 1.82) is 5.26 Å². The molecule has 0 atom stereocenters. The number of aryl methyl sites for hydroxylation is 1. The van der Waals surface area contributed by atoms with Gasteiger partial charge < -0.3 is 9.80 Å². The Hall–Kier alpha value is -4.75. The highest BCUT2D eigenvalue weighted by Gasteiger charge is 2.19. The molecule has 0 spiro atoms. The van der Waals surface area contributed by atoms with Crippen LogP contribution in [0.5, 0.6) is 0 Å². The van der Waals surface area contributed by atoms with Crippen LogP contribution in [0.1, 0.15) is 11.3 Å². The van der Waals surface area contributed by atoms with Crippen molar-refractivity contribution < 1.29 is 0 Å². The first-order chi connectivity index (χ1) is 19.0. The summed E-state index contributed by atoms with van der Waals surface area (Å²) >= 11 is 0. The van der Waals surface area contributed by atoms with Crippen molar-refractivity contribution in [2.45, 2.75) is 6.54 Å². The zero-order valence-electron chi connectivity index (χ0n) is 22.4. The highest BCUT2D eigenvalue weighted by atomic mass is 15.3. The number of anilines is 2. The molecule has 6 heterocycles. The van der Waals surface area contributed by atoms with Crippen molar-refractivity contribution >= 4 is 17.3 Å². The molecule has 5 aromatic heterocycles. The first-order valence-corrected chi connectivity index (χ1v) is 12.9. The second-order valence-corrected chi connectivity index (χ2v) is 10.1. The van der Waals surface area contributed by atoms with Crippen LogP contribution in [0.3, 0.4) is 0 Å². The van der Waals surface area contributed by atoms with E-state index in [0.717, 1.165) is 72.4 Å². The van der Waals surface area contributed by atoms with Crippen LogP contribution in [0.2, 0.25) is 0 Å². The van der Waals surface area contributed by atoms with Crippen LogP contribution in [-0.2, 0) is 13.6 Å². The van der Waals surface area contributed by atoms with E-state index in [1.807, 2.05) is 61.3 Å². The number of aromatic nitrogens is 6. The zero-order chi connectivity index (χ0) is 26.9. The van der Waals surface area contributed by atoms with Gasteiger partial charge in [-0.25, -0.2) is 15.0 Å². The van der Waals surface area contributed by atoms with Crippen molar-refractivity contribution in [3.63, 3.8) is 0 Å². The highest BCUT2D eigenvalue weighted by molar-refractivity contribution is 5.75. The van der Waals surface area contributed by atoms with Gasteiger partial charge in [0.2, 0.25) is 0 Å². The monoisotopic (exact) mass is 518 g/mol. The summed E-state index contributed by atoms with van der Waals surface area (Å²) in [5.41, 5.74) is 6.23. The summed E-state index contributed by atoms with van der Waals surface area (Å²) in [6.45, 7) is 4.66. The van der Waals surface area contributed by atoms with E-state index >= 15 is 0 Å². The molecule has 0 aromatic carbocycles. The first kappa shape index (κ1) is 24.6. The number of hydrogen-bond donors (Lipinski definition) is 0. The number of pyridine rings is 3. The van der Waals surface area contributed by atoms with E-state index in [1.54, 1.807) is 10.9 Å². The molecule has 196 valence electrons. The van der Waals surface area contributed by atoms with Gasteiger partial charge in [-0.15, -0.1) is 0 Å². The van der Waals surface area contributed by atoms with Crippen LogP contribution < -0.4 is 9.80 Å². The zero-order valence-corrected chi connectivity index (χ0v) is 22.4. The minimum Gasteiger partial charge on any atom is -0.363 e. The molecule has 0 bridgehead atoms. The van der Waals surface area contributed by atoms with Gasteiger partial charge in [0, 0.05) is 83.6 Å². The number of imidazole rings is 1. The van der Waals surface area contributed by atoms with Crippen LogP contribution in [0.4, 0.5) is 11.6 Å². The van der Waals surface area contributed by atoms with Gasteiger partial charge in [-0.3, -0.25) is 14.0 Å². The molecule has 0 saturated carbocycles. The SMILES string of the molecule is CN(C)c1ccc(CN2CCN(c3ccc(-c4cc(-c5cnn(C)c5)cc5ncc(C#N)n45)cn3)CC2)cn1. The summed E-state index contributed by atoms with van der Waals surface area (Å²) in [5.74, 6) is 1.93. The topological polar surface area (TPSA) is 94.4 Å². The average Bonchev–Trinajstić information content (AvgIpc) is 3.59. The molecule has 1 aliphatic heterocycles. The number of nitrogens with zero attached hydrogens (tertiary/aromatic N) is 10. The Bertz CT molecular complexity index is 1630. The van der Waals surface area contributed by atoms with Gasteiger partial charge in [0.05, 0.1) is 18.1 Å². The summed E-state index contributed by atoms with van der Waals surface area (Å²) in [4.78, 5) is 20.6. The van der Waals surface area contributed by atoms with E-state index in [4.69, 9.17) is 4.98 Å². The van der Waals surface area contributed by atoms with Crippen LogP contribution in [0.25, 0.3) is 28.0 Å². The van der Waals surface area contributed by atoms with Crippen LogP contribution in [0, 0.1) is 11.3 Å². The maximum absolute atomic E-state index is 9.69. The number of fused-ring (bicyclic) bond motifs is 1. The van der Waals surface area contributed by atoms with Gasteiger partial charge >= 0.3 is 0 Å². The maximum Gasteiger partial charge on any atom is 0.145 e. The van der Waals surface area contributed by atoms with Gasteiger partial charge in [0.15, 0.2) is 0 Å². The summed E-state index contributed by atoms with van der Waals surface area (Å²) in [5, 5.41) is 14.0. The van der Waals surface area contributed by atoms with Crippen molar-refractivity contribution in [3.8, 4) is 28.5 Å². The summed E-state index contributed by atoms with van der Waals surface area (Å²) in [6.07, 6.45) is 9.28. The quantitative estimate of drug-likeness (QED) is 0.337. The average molecular weight is 519 g/mol. The maximum atomic E-state index is 9.69. The lowest BCUT2D eigenvalue weighted by molar-refractivity contribution is 0.249. The summed E-state index contributed by atoms with van der Waals surface area (Å²) < 4.78 is 3.66. The van der Waals surface area contributed by atoms with Gasteiger partial charge in [-0.1, -0.05) is 6.07 Å². The van der Waals surface area contributed by atoms with Crippen molar-refractivity contribution in [2.75, 3.05) is 50.1 Å². The van der Waals surface area contributed by atoms with Gasteiger partial charge in [-0.05, 0) is 41.5 Å². The Balaban J connectivity index is 1.19. The van der Waals surface area contributed by atoms with Crippen molar-refractivity contribution in [2.24, 2.45) is 7.05 Å². The standard InChI is InChI=1S/C29H30N10/c1-35(2)27-6-4-21(15-31-27)19-37-8-10-38(11-9-37)28-7-5-22(16-32-28)26-12-23(24-17-34-36(3)20-24)13-29-33-18-25(14-30)39(26)29/h4-7,12-13,15-18,20H,8-11,19H2,1-3H3. The fourth-order valence-electron chi connectivity index (χ4n) is 5.03. The molecule has 5 aromatic rings. The molecule has 0 unspecified atom stereocenters. The third-order valence-electron chi connectivity index (χ3n) is 7.17. The Morgan fingerprint density at radius 1 is 0.872 bits per heavy atom. The lowest BCUT2D eigenvalue weighted by atomic mass is 10.1. The summed E-state index contributed by atoms with van der Waals surface area (Å²) in [6, 6.07) is 14.7. The third-order valence-corrected chi connectivity index (χ3v) is 7.17. The van der Waals surface area contributed by atoms with E-state index in [-0.39, 0.29) is 0 Å². The Morgan fingerprint density at radius 3 is 2.36 bits per heavy atom. The molecular weight excluding hydrogens is 488 g/mol. The lowest BCUT2D eigenvalue weighted by Gasteiger charge is -2.35. The molecule has 1 fully saturated rings. The van der Waals surface area contributed by atoms with E-state index in [2.05, 4.69) is 61.3 Å². The lowest BCUT2D eigenvalue weighted by Crippen LogP contribution is -2.46. The molecule has 0 radical (unpaired) electrons. The molecular formula is C29H30N10. The number of rotatable bonds is 6. The molecule has 6 rings (SSSR count).